The molecule has 20 heavy (non-hydrogen) atoms. The van der Waals surface area contributed by atoms with Gasteiger partial charge in [0.2, 0.25) is 0 Å². The van der Waals surface area contributed by atoms with E-state index < -0.39 is 5.60 Å². The molecule has 0 aliphatic heterocycles. The first-order chi connectivity index (χ1) is 9.46. The van der Waals surface area contributed by atoms with Crippen molar-refractivity contribution < 1.29 is 5.11 Å². The fourth-order valence-electron chi connectivity index (χ4n) is 2.54. The summed E-state index contributed by atoms with van der Waals surface area (Å²) in [7, 11) is 0. The van der Waals surface area contributed by atoms with Gasteiger partial charge in [0.25, 0.3) is 0 Å². The molecular formula is C16H13Cl2IO. The van der Waals surface area contributed by atoms with Crippen molar-refractivity contribution in [3.05, 3.63) is 69.7 Å². The molecule has 2 aromatic rings. The zero-order chi connectivity index (χ0) is 14.4. The van der Waals surface area contributed by atoms with Gasteiger partial charge in [-0.05, 0) is 48.2 Å². The van der Waals surface area contributed by atoms with Gasteiger partial charge in [-0.25, -0.2) is 0 Å². The molecule has 0 amide bonds. The van der Waals surface area contributed by atoms with E-state index in [1.165, 1.54) is 0 Å². The minimum atomic E-state index is -1.01. The van der Waals surface area contributed by atoms with Crippen LogP contribution in [0.1, 0.15) is 24.0 Å². The highest BCUT2D eigenvalue weighted by Crippen LogP contribution is 2.59. The Labute approximate surface area is 142 Å². The smallest absolute Gasteiger partial charge is 0.129 e. The van der Waals surface area contributed by atoms with Crippen LogP contribution in [0.25, 0.3) is 0 Å². The number of hydrogen-bond acceptors (Lipinski definition) is 1. The molecule has 1 saturated carbocycles. The molecule has 3 rings (SSSR count). The lowest BCUT2D eigenvalue weighted by Gasteiger charge is -2.34. The van der Waals surface area contributed by atoms with Crippen LogP contribution in [-0.2, 0) is 5.60 Å². The zero-order valence-electron chi connectivity index (χ0n) is 10.6. The topological polar surface area (TPSA) is 20.2 Å². The van der Waals surface area contributed by atoms with Crippen molar-refractivity contribution in [1.82, 2.24) is 0 Å². The van der Waals surface area contributed by atoms with Gasteiger partial charge in [-0.3, -0.25) is 0 Å². The van der Waals surface area contributed by atoms with E-state index in [-0.39, 0.29) is 3.42 Å². The molecular weight excluding hydrogens is 406 g/mol. The Morgan fingerprint density at radius 3 is 1.50 bits per heavy atom. The van der Waals surface area contributed by atoms with Gasteiger partial charge in [-0.2, -0.15) is 0 Å². The minimum absolute atomic E-state index is 0.160. The molecule has 1 aliphatic rings. The summed E-state index contributed by atoms with van der Waals surface area (Å²) in [6.45, 7) is 0. The molecule has 0 radical (unpaired) electrons. The van der Waals surface area contributed by atoms with Gasteiger partial charge in [0.1, 0.15) is 5.60 Å². The lowest BCUT2D eigenvalue weighted by atomic mass is 9.82. The second-order valence-electron chi connectivity index (χ2n) is 5.19. The van der Waals surface area contributed by atoms with Crippen LogP contribution in [0.3, 0.4) is 0 Å². The van der Waals surface area contributed by atoms with Gasteiger partial charge < -0.3 is 5.11 Å². The van der Waals surface area contributed by atoms with E-state index >= 15 is 0 Å². The van der Waals surface area contributed by atoms with Crippen LogP contribution in [0.5, 0.6) is 0 Å². The molecule has 0 atom stereocenters. The maximum absolute atomic E-state index is 11.4. The highest BCUT2D eigenvalue weighted by atomic mass is 127. The van der Waals surface area contributed by atoms with E-state index in [0.29, 0.717) is 10.0 Å². The first kappa shape index (κ1) is 14.6. The molecule has 0 heterocycles. The van der Waals surface area contributed by atoms with Crippen molar-refractivity contribution in [3.8, 4) is 0 Å². The summed E-state index contributed by atoms with van der Waals surface area (Å²) in [4.78, 5) is 0. The third-order valence-corrected chi connectivity index (χ3v) is 6.22. The van der Waals surface area contributed by atoms with Gasteiger partial charge in [0.05, 0.1) is 3.42 Å². The lowest BCUT2D eigenvalue weighted by Crippen LogP contribution is -2.38. The third-order valence-electron chi connectivity index (χ3n) is 3.86. The zero-order valence-corrected chi connectivity index (χ0v) is 14.3. The van der Waals surface area contributed by atoms with Crippen LogP contribution in [-0.4, -0.2) is 8.53 Å². The van der Waals surface area contributed by atoms with Crippen molar-refractivity contribution in [2.75, 3.05) is 0 Å². The van der Waals surface area contributed by atoms with Crippen LogP contribution in [0, 0.1) is 0 Å². The van der Waals surface area contributed by atoms with Crippen LogP contribution >= 0.6 is 45.8 Å². The third kappa shape index (κ3) is 2.37. The molecule has 1 nitrogen and oxygen atoms in total. The van der Waals surface area contributed by atoms with Crippen LogP contribution < -0.4 is 0 Å². The monoisotopic (exact) mass is 418 g/mol. The number of aliphatic hydroxyl groups is 1. The summed E-state index contributed by atoms with van der Waals surface area (Å²) in [5.41, 5.74) is 0.732. The normalized spacial score (nSPS) is 17.0. The fraction of sp³-hybridized carbons (Fsp3) is 0.250. The van der Waals surface area contributed by atoms with Crippen LogP contribution in [0.2, 0.25) is 10.0 Å². The highest BCUT2D eigenvalue weighted by Gasteiger charge is 2.58. The summed E-state index contributed by atoms with van der Waals surface area (Å²) in [5, 5.41) is 12.8. The molecule has 104 valence electrons. The van der Waals surface area contributed by atoms with E-state index in [0.717, 1.165) is 24.0 Å². The molecule has 0 spiro atoms. The Balaban J connectivity index is 2.14. The predicted molar refractivity (Wildman–Crippen MR) is 91.9 cm³/mol. The van der Waals surface area contributed by atoms with Crippen LogP contribution in [0.4, 0.5) is 0 Å². The van der Waals surface area contributed by atoms with Gasteiger partial charge >= 0.3 is 0 Å². The average molecular weight is 419 g/mol. The van der Waals surface area contributed by atoms with Crippen molar-refractivity contribution >= 4 is 45.8 Å². The van der Waals surface area contributed by atoms with Crippen LogP contribution in [0.15, 0.2) is 48.5 Å². The van der Waals surface area contributed by atoms with Crippen molar-refractivity contribution in [2.45, 2.75) is 21.9 Å². The quantitative estimate of drug-likeness (QED) is 0.536. The number of hydrogen-bond donors (Lipinski definition) is 1. The van der Waals surface area contributed by atoms with E-state index in [1.807, 2.05) is 48.5 Å². The molecule has 0 unspecified atom stereocenters. The van der Waals surface area contributed by atoms with E-state index in [4.69, 9.17) is 23.2 Å². The summed E-state index contributed by atoms with van der Waals surface area (Å²) < 4.78 is -0.160. The Kier molecular flexibility index (Phi) is 3.78. The molecule has 0 aromatic heterocycles. The first-order valence-corrected chi connectivity index (χ1v) is 8.23. The first-order valence-electron chi connectivity index (χ1n) is 6.39. The van der Waals surface area contributed by atoms with E-state index in [1.54, 1.807) is 0 Å². The standard InChI is InChI=1S/C16H13Cl2IO/c17-13-5-1-11(2-6-13)16(20,15(19)9-10-15)12-3-7-14(18)8-4-12/h1-8,20H,9-10H2. The maximum Gasteiger partial charge on any atom is 0.129 e. The minimum Gasteiger partial charge on any atom is -0.379 e. The predicted octanol–water partition coefficient (Wildman–Crippen LogP) is 5.20. The van der Waals surface area contributed by atoms with Crippen molar-refractivity contribution in [1.29, 1.82) is 0 Å². The number of alkyl halides is 1. The second-order valence-corrected chi connectivity index (χ2v) is 8.13. The fourth-order valence-corrected chi connectivity index (χ4v) is 3.68. The SMILES string of the molecule is OC(c1ccc(Cl)cc1)(c1ccc(Cl)cc1)C1(I)CC1. The highest BCUT2D eigenvalue weighted by molar-refractivity contribution is 14.1. The molecule has 4 heteroatoms. The second kappa shape index (κ2) is 5.16. The summed E-state index contributed by atoms with van der Waals surface area (Å²) >= 11 is 14.3. The average Bonchev–Trinajstić information content (AvgIpc) is 3.19. The lowest BCUT2D eigenvalue weighted by molar-refractivity contribution is 0.0754. The van der Waals surface area contributed by atoms with Gasteiger partial charge in [-0.15, -0.1) is 0 Å². The molecule has 1 N–H and O–H groups in total. The maximum atomic E-state index is 11.4. The number of benzene rings is 2. The Morgan fingerprint density at radius 2 is 1.20 bits per heavy atom. The van der Waals surface area contributed by atoms with Crippen molar-refractivity contribution in [2.24, 2.45) is 0 Å². The van der Waals surface area contributed by atoms with Gasteiger partial charge in [0, 0.05) is 10.0 Å². The van der Waals surface area contributed by atoms with Gasteiger partial charge in [0.15, 0.2) is 0 Å². The summed E-state index contributed by atoms with van der Waals surface area (Å²) in [6.07, 6.45) is 1.99. The largest absolute Gasteiger partial charge is 0.379 e. The van der Waals surface area contributed by atoms with E-state index in [2.05, 4.69) is 22.6 Å². The molecule has 1 aliphatic carbocycles. The summed E-state index contributed by atoms with van der Waals surface area (Å²) in [6, 6.07) is 14.9. The Hall–Kier alpha value is -0.290. The Bertz CT molecular complexity index is 572. The van der Waals surface area contributed by atoms with E-state index in [9.17, 15) is 5.11 Å². The Morgan fingerprint density at radius 1 is 0.850 bits per heavy atom. The molecule has 0 saturated heterocycles. The summed E-state index contributed by atoms with van der Waals surface area (Å²) in [5.74, 6) is 0. The number of halogens is 3. The van der Waals surface area contributed by atoms with Gasteiger partial charge in [-0.1, -0.05) is 70.1 Å². The molecule has 1 fully saturated rings. The number of rotatable bonds is 3. The van der Waals surface area contributed by atoms with Crippen molar-refractivity contribution in [3.63, 3.8) is 0 Å². The molecule has 2 aromatic carbocycles. The molecule has 0 bridgehead atoms.